The lowest BCUT2D eigenvalue weighted by Gasteiger charge is -2.16. The molecule has 1 aromatic carbocycles. The molecular formula is C14H12O5S. The number of carbonyl (C=O) groups excluding carboxylic acids is 1. The highest BCUT2D eigenvalue weighted by Gasteiger charge is 2.45. The molecule has 0 amide bonds. The van der Waals surface area contributed by atoms with Gasteiger partial charge in [0.2, 0.25) is 0 Å². The van der Waals surface area contributed by atoms with E-state index in [-0.39, 0.29) is 11.3 Å². The summed E-state index contributed by atoms with van der Waals surface area (Å²) in [4.78, 5) is 11.7. The minimum Gasteiger partial charge on any atom is -0.472 e. The third kappa shape index (κ3) is 2.12. The van der Waals surface area contributed by atoms with E-state index in [1.54, 1.807) is 24.3 Å². The Kier molecular flexibility index (Phi) is 3.10. The summed E-state index contributed by atoms with van der Waals surface area (Å²) in [5.74, 6) is -0.513. The van der Waals surface area contributed by atoms with Gasteiger partial charge in [-0.05, 0) is 18.2 Å². The van der Waals surface area contributed by atoms with Gasteiger partial charge in [-0.1, -0.05) is 18.2 Å². The van der Waals surface area contributed by atoms with Gasteiger partial charge in [-0.3, -0.25) is 4.79 Å². The topological polar surface area (TPSA) is 73.6 Å². The third-order valence-corrected chi connectivity index (χ3v) is 5.45. The standard InChI is InChI=1S/C14H12O5S/c15-13-8-12(14(19-13)10-6-7-18-9-10)20(16,17)11-4-2-1-3-5-11/h1-7,9,12,14H,8H2. The molecule has 0 aliphatic carbocycles. The fraction of sp³-hybridized carbons (Fsp3) is 0.214. The lowest BCUT2D eigenvalue weighted by atomic mass is 10.1. The molecule has 0 spiro atoms. The molecule has 1 aromatic heterocycles. The first-order valence-electron chi connectivity index (χ1n) is 6.09. The van der Waals surface area contributed by atoms with E-state index in [1.807, 2.05) is 0 Å². The smallest absolute Gasteiger partial charge is 0.307 e. The summed E-state index contributed by atoms with van der Waals surface area (Å²) in [7, 11) is -3.63. The van der Waals surface area contributed by atoms with Crippen LogP contribution in [0.25, 0.3) is 0 Å². The maximum absolute atomic E-state index is 12.6. The molecule has 2 heterocycles. The van der Waals surface area contributed by atoms with Gasteiger partial charge in [0.1, 0.15) is 11.4 Å². The van der Waals surface area contributed by atoms with Crippen molar-refractivity contribution >= 4 is 15.8 Å². The van der Waals surface area contributed by atoms with Crippen molar-refractivity contribution in [1.82, 2.24) is 0 Å². The fourth-order valence-electron chi connectivity index (χ4n) is 2.31. The zero-order chi connectivity index (χ0) is 14.2. The van der Waals surface area contributed by atoms with Crippen LogP contribution in [0.15, 0.2) is 58.2 Å². The zero-order valence-corrected chi connectivity index (χ0v) is 11.2. The summed E-state index contributed by atoms with van der Waals surface area (Å²) >= 11 is 0. The number of esters is 1. The van der Waals surface area contributed by atoms with Crippen LogP contribution in [0.3, 0.4) is 0 Å². The number of rotatable bonds is 3. The number of hydrogen-bond donors (Lipinski definition) is 0. The molecule has 2 aromatic rings. The molecule has 0 bridgehead atoms. The van der Waals surface area contributed by atoms with E-state index >= 15 is 0 Å². The molecule has 2 unspecified atom stereocenters. The highest BCUT2D eigenvalue weighted by molar-refractivity contribution is 7.92. The first-order valence-corrected chi connectivity index (χ1v) is 7.64. The molecule has 0 radical (unpaired) electrons. The summed E-state index contributed by atoms with van der Waals surface area (Å²) in [6, 6.07) is 9.68. The highest BCUT2D eigenvalue weighted by Crippen LogP contribution is 2.37. The second kappa shape index (κ2) is 4.79. The van der Waals surface area contributed by atoms with E-state index in [4.69, 9.17) is 9.15 Å². The van der Waals surface area contributed by atoms with Gasteiger partial charge < -0.3 is 9.15 Å². The number of hydrogen-bond acceptors (Lipinski definition) is 5. The first-order chi connectivity index (χ1) is 9.59. The summed E-state index contributed by atoms with van der Waals surface area (Å²) in [5.41, 5.74) is 0.556. The number of carbonyl (C=O) groups is 1. The van der Waals surface area contributed by atoms with Gasteiger partial charge in [0.15, 0.2) is 9.84 Å². The second-order valence-electron chi connectivity index (χ2n) is 4.57. The van der Waals surface area contributed by atoms with Gasteiger partial charge in [-0.2, -0.15) is 0 Å². The van der Waals surface area contributed by atoms with E-state index < -0.39 is 27.2 Å². The lowest BCUT2D eigenvalue weighted by Crippen LogP contribution is -2.24. The van der Waals surface area contributed by atoms with Gasteiger partial charge in [0.25, 0.3) is 0 Å². The monoisotopic (exact) mass is 292 g/mol. The van der Waals surface area contributed by atoms with E-state index in [2.05, 4.69) is 0 Å². The van der Waals surface area contributed by atoms with E-state index in [1.165, 1.54) is 24.7 Å². The molecule has 104 valence electrons. The normalized spacial score (nSPS) is 22.7. The van der Waals surface area contributed by atoms with Crippen molar-refractivity contribution in [2.24, 2.45) is 0 Å². The molecule has 0 saturated carbocycles. The number of cyclic esters (lactones) is 1. The van der Waals surface area contributed by atoms with E-state index in [9.17, 15) is 13.2 Å². The van der Waals surface area contributed by atoms with Crippen LogP contribution in [0.1, 0.15) is 18.1 Å². The van der Waals surface area contributed by atoms with Gasteiger partial charge in [0.05, 0.1) is 23.8 Å². The van der Waals surface area contributed by atoms with Crippen LogP contribution in [0.2, 0.25) is 0 Å². The SMILES string of the molecule is O=C1CC(S(=O)(=O)c2ccccc2)C(c2ccoc2)O1. The number of benzene rings is 1. The average molecular weight is 292 g/mol. The molecular weight excluding hydrogens is 280 g/mol. The van der Waals surface area contributed by atoms with Crippen molar-refractivity contribution in [1.29, 1.82) is 0 Å². The molecule has 1 aliphatic rings. The Morgan fingerprint density at radius 1 is 1.10 bits per heavy atom. The second-order valence-corrected chi connectivity index (χ2v) is 6.73. The Hall–Kier alpha value is -2.08. The van der Waals surface area contributed by atoms with Crippen LogP contribution in [0.5, 0.6) is 0 Å². The highest BCUT2D eigenvalue weighted by atomic mass is 32.2. The maximum Gasteiger partial charge on any atom is 0.307 e. The van der Waals surface area contributed by atoms with Crippen molar-refractivity contribution in [3.8, 4) is 0 Å². The molecule has 3 rings (SSSR count). The zero-order valence-electron chi connectivity index (χ0n) is 10.4. The number of furan rings is 1. The Balaban J connectivity index is 2.02. The molecule has 2 atom stereocenters. The van der Waals surface area contributed by atoms with Crippen LogP contribution < -0.4 is 0 Å². The molecule has 1 fully saturated rings. The predicted octanol–water partition coefficient (Wildman–Crippen LogP) is 2.11. The molecule has 5 nitrogen and oxygen atoms in total. The minimum atomic E-state index is -3.63. The quantitative estimate of drug-likeness (QED) is 0.810. The van der Waals surface area contributed by atoms with Crippen LogP contribution in [0, 0.1) is 0 Å². The van der Waals surface area contributed by atoms with Crippen LogP contribution in [0.4, 0.5) is 0 Å². The molecule has 0 N–H and O–H groups in total. The molecule has 1 saturated heterocycles. The Morgan fingerprint density at radius 3 is 2.50 bits per heavy atom. The van der Waals surface area contributed by atoms with E-state index in [0.717, 1.165) is 0 Å². The van der Waals surface area contributed by atoms with Crippen molar-refractivity contribution in [3.05, 3.63) is 54.5 Å². The molecule has 20 heavy (non-hydrogen) atoms. The molecule has 1 aliphatic heterocycles. The van der Waals surface area contributed by atoms with Gasteiger partial charge in [0, 0.05) is 5.56 Å². The van der Waals surface area contributed by atoms with Gasteiger partial charge in [-0.15, -0.1) is 0 Å². The van der Waals surface area contributed by atoms with Crippen molar-refractivity contribution in [3.63, 3.8) is 0 Å². The summed E-state index contributed by atoms with van der Waals surface area (Å²) < 4.78 is 35.3. The third-order valence-electron chi connectivity index (χ3n) is 3.31. The van der Waals surface area contributed by atoms with Crippen molar-refractivity contribution < 1.29 is 22.4 Å². The van der Waals surface area contributed by atoms with Crippen LogP contribution >= 0.6 is 0 Å². The summed E-state index contributed by atoms with van der Waals surface area (Å²) in [6.07, 6.45) is 1.86. The van der Waals surface area contributed by atoms with E-state index in [0.29, 0.717) is 5.56 Å². The largest absolute Gasteiger partial charge is 0.472 e. The Bertz CT molecular complexity index is 703. The van der Waals surface area contributed by atoms with Gasteiger partial charge in [-0.25, -0.2) is 8.42 Å². The van der Waals surface area contributed by atoms with Crippen molar-refractivity contribution in [2.75, 3.05) is 0 Å². The van der Waals surface area contributed by atoms with Crippen LogP contribution in [-0.4, -0.2) is 19.6 Å². The van der Waals surface area contributed by atoms with Gasteiger partial charge >= 0.3 is 5.97 Å². The molecule has 6 heteroatoms. The van der Waals surface area contributed by atoms with Crippen LogP contribution in [-0.2, 0) is 19.4 Å². The summed E-state index contributed by atoms with van der Waals surface area (Å²) in [5, 5.41) is -0.921. The Labute approximate surface area is 116 Å². The minimum absolute atomic E-state index is 0.146. The van der Waals surface area contributed by atoms with Crippen molar-refractivity contribution in [2.45, 2.75) is 22.7 Å². The first kappa shape index (κ1) is 12.9. The predicted molar refractivity (Wildman–Crippen MR) is 69.6 cm³/mol. The average Bonchev–Trinajstić information content (AvgIpc) is 3.08. The number of sulfone groups is 1. The summed E-state index contributed by atoms with van der Waals surface area (Å²) in [6.45, 7) is 0. The Morgan fingerprint density at radius 2 is 1.85 bits per heavy atom. The fourth-order valence-corrected chi connectivity index (χ4v) is 4.09. The maximum atomic E-state index is 12.6. The lowest BCUT2D eigenvalue weighted by molar-refractivity contribution is -0.141. The number of ether oxygens (including phenoxy) is 1.